The molecule has 0 N–H and O–H groups in total. The molecule has 8 nitrogen and oxygen atoms in total. The number of carbonyl (C=O) groups is 2. The van der Waals surface area contributed by atoms with Crippen molar-refractivity contribution in [3.05, 3.63) is 46.8 Å². The fourth-order valence-corrected chi connectivity index (χ4v) is 3.46. The topological polar surface area (TPSA) is 93.8 Å². The van der Waals surface area contributed by atoms with Gasteiger partial charge in [0.2, 0.25) is 5.91 Å². The summed E-state index contributed by atoms with van der Waals surface area (Å²) < 4.78 is 17.7. The number of rotatable bonds is 5. The second-order valence-electron chi connectivity index (χ2n) is 6.67. The zero-order valence-electron chi connectivity index (χ0n) is 17.4. The molecule has 0 spiro atoms. The zero-order valence-corrected chi connectivity index (χ0v) is 17.4. The summed E-state index contributed by atoms with van der Waals surface area (Å²) in [6.07, 6.45) is 1.51. The number of nitrogens with zero attached hydrogens (tertiary/aromatic N) is 3. The number of hydrogen-bond acceptors (Lipinski definition) is 6. The molecule has 0 saturated heterocycles. The first kappa shape index (κ1) is 21.0. The molecule has 156 valence electrons. The van der Waals surface area contributed by atoms with Crippen molar-refractivity contribution in [2.45, 2.75) is 26.9 Å². The van der Waals surface area contributed by atoms with Crippen LogP contribution in [0.3, 0.4) is 0 Å². The van der Waals surface area contributed by atoms with Crippen LogP contribution in [0, 0.1) is 11.3 Å². The van der Waals surface area contributed by atoms with Crippen molar-refractivity contribution >= 4 is 23.6 Å². The van der Waals surface area contributed by atoms with E-state index in [1.165, 1.54) is 13.0 Å². The zero-order chi connectivity index (χ0) is 21.8. The van der Waals surface area contributed by atoms with Crippen LogP contribution in [0.1, 0.15) is 30.8 Å². The average molecular weight is 409 g/mol. The first-order chi connectivity index (χ1) is 14.4. The van der Waals surface area contributed by atoms with Gasteiger partial charge in [0.1, 0.15) is 11.6 Å². The van der Waals surface area contributed by atoms with E-state index in [1.54, 1.807) is 32.1 Å². The first-order valence-corrected chi connectivity index (χ1v) is 9.43. The van der Waals surface area contributed by atoms with E-state index in [2.05, 4.69) is 0 Å². The number of carbonyl (C=O) groups excluding carboxylic acids is 2. The van der Waals surface area contributed by atoms with Crippen molar-refractivity contribution < 1.29 is 23.8 Å². The summed E-state index contributed by atoms with van der Waals surface area (Å²) in [5.41, 5.74) is 3.03. The van der Waals surface area contributed by atoms with Crippen molar-refractivity contribution in [1.82, 2.24) is 4.57 Å². The van der Waals surface area contributed by atoms with Gasteiger partial charge < -0.3 is 23.7 Å². The summed E-state index contributed by atoms with van der Waals surface area (Å²) in [7, 11) is 3.10. The number of methoxy groups -OCH3 is 2. The molecule has 0 atom stereocenters. The average Bonchev–Trinajstić information content (AvgIpc) is 3.02. The van der Waals surface area contributed by atoms with E-state index in [4.69, 9.17) is 14.2 Å². The Morgan fingerprint density at radius 2 is 1.87 bits per heavy atom. The van der Waals surface area contributed by atoms with Gasteiger partial charge in [-0.15, -0.1) is 0 Å². The molecular weight excluding hydrogens is 386 g/mol. The lowest BCUT2D eigenvalue weighted by Crippen LogP contribution is -2.28. The quantitative estimate of drug-likeness (QED) is 0.428. The minimum absolute atomic E-state index is 0.0852. The number of aromatic nitrogens is 1. The third-order valence-electron chi connectivity index (χ3n) is 4.92. The molecule has 1 aliphatic heterocycles. The van der Waals surface area contributed by atoms with Crippen LogP contribution in [0.2, 0.25) is 0 Å². The highest BCUT2D eigenvalue weighted by Gasteiger charge is 2.25. The number of benzene rings is 1. The smallest absolute Gasteiger partial charge is 0.348 e. The molecule has 0 unspecified atom stereocenters. The third-order valence-corrected chi connectivity index (χ3v) is 4.92. The monoisotopic (exact) mass is 409 g/mol. The molecule has 0 aliphatic carbocycles. The highest BCUT2D eigenvalue weighted by Crippen LogP contribution is 2.38. The molecule has 1 aliphatic rings. The van der Waals surface area contributed by atoms with Crippen molar-refractivity contribution in [1.29, 1.82) is 5.26 Å². The summed E-state index contributed by atoms with van der Waals surface area (Å²) in [5, 5.41) is 9.37. The van der Waals surface area contributed by atoms with Crippen molar-refractivity contribution in [3.63, 3.8) is 0 Å². The molecule has 1 aromatic heterocycles. The lowest BCUT2D eigenvalue weighted by atomic mass is 10.1. The Hall–Kier alpha value is -3.73. The fourth-order valence-electron chi connectivity index (χ4n) is 3.46. The Bertz CT molecular complexity index is 1060. The lowest BCUT2D eigenvalue weighted by molar-refractivity contribution is -0.137. The Morgan fingerprint density at radius 3 is 2.47 bits per heavy atom. The Kier molecular flexibility index (Phi) is 6.11. The number of anilines is 1. The molecule has 0 radical (unpaired) electrons. The number of hydrogen-bond donors (Lipinski definition) is 0. The summed E-state index contributed by atoms with van der Waals surface area (Å²) in [5.74, 6) is 0.306. The van der Waals surface area contributed by atoms with E-state index in [9.17, 15) is 14.9 Å². The summed E-state index contributed by atoms with van der Waals surface area (Å²) in [4.78, 5) is 26.1. The maximum absolute atomic E-state index is 12.4. The van der Waals surface area contributed by atoms with Gasteiger partial charge in [-0.25, -0.2) is 4.79 Å². The largest absolute Gasteiger partial charge is 0.493 e. The third kappa shape index (κ3) is 3.87. The maximum atomic E-state index is 12.4. The Balaban J connectivity index is 2.13. The standard InChI is InChI=1S/C22H23N3O5/c1-5-30-22(27)15(11-23)8-17-6-7-18-13-24(14(2)26)19-10-21(29-4)20(28-3)9-16(19)12-25(17)18/h6-10H,5,12-13H2,1-4H3. The van der Waals surface area contributed by atoms with Gasteiger partial charge in [-0.2, -0.15) is 5.26 Å². The Labute approximate surface area is 174 Å². The molecule has 0 saturated carbocycles. The van der Waals surface area contributed by atoms with Crippen LogP contribution in [-0.2, 0) is 27.4 Å². The highest BCUT2D eigenvalue weighted by atomic mass is 16.5. The van der Waals surface area contributed by atoms with Crippen LogP contribution in [0.25, 0.3) is 6.08 Å². The van der Waals surface area contributed by atoms with E-state index in [0.29, 0.717) is 30.3 Å². The van der Waals surface area contributed by atoms with Gasteiger partial charge in [-0.1, -0.05) is 0 Å². The molecule has 1 aromatic carbocycles. The molecular formula is C22H23N3O5. The van der Waals surface area contributed by atoms with Crippen LogP contribution < -0.4 is 14.4 Å². The van der Waals surface area contributed by atoms with Gasteiger partial charge in [0.25, 0.3) is 0 Å². The van der Waals surface area contributed by atoms with Crippen LogP contribution in [-0.4, -0.2) is 37.3 Å². The van der Waals surface area contributed by atoms with Gasteiger partial charge in [0, 0.05) is 24.4 Å². The molecule has 0 fully saturated rings. The molecule has 8 heteroatoms. The van der Waals surface area contributed by atoms with Crippen LogP contribution >= 0.6 is 0 Å². The Morgan fingerprint density at radius 1 is 1.17 bits per heavy atom. The predicted molar refractivity (Wildman–Crippen MR) is 110 cm³/mol. The summed E-state index contributed by atoms with van der Waals surface area (Å²) in [6.45, 7) is 4.15. The fraction of sp³-hybridized carbons (Fsp3) is 0.318. The SMILES string of the molecule is CCOC(=O)C(C#N)=Cc1ccc2n1Cc1cc(OC)c(OC)cc1N(C(C)=O)C2. The highest BCUT2D eigenvalue weighted by molar-refractivity contribution is 5.97. The maximum Gasteiger partial charge on any atom is 0.348 e. The molecule has 2 heterocycles. The van der Waals surface area contributed by atoms with E-state index in [0.717, 1.165) is 16.9 Å². The molecule has 0 bridgehead atoms. The minimum atomic E-state index is -0.665. The second-order valence-corrected chi connectivity index (χ2v) is 6.67. The number of fused-ring (bicyclic) bond motifs is 2. The molecule has 2 aromatic rings. The van der Waals surface area contributed by atoms with E-state index < -0.39 is 5.97 Å². The van der Waals surface area contributed by atoms with E-state index >= 15 is 0 Å². The van der Waals surface area contributed by atoms with E-state index in [1.807, 2.05) is 28.8 Å². The number of amides is 1. The summed E-state index contributed by atoms with van der Waals surface area (Å²) >= 11 is 0. The van der Waals surface area contributed by atoms with Gasteiger partial charge in [0.05, 0.1) is 39.6 Å². The minimum Gasteiger partial charge on any atom is -0.493 e. The van der Waals surface area contributed by atoms with E-state index in [-0.39, 0.29) is 18.1 Å². The molecule has 1 amide bonds. The predicted octanol–water partition coefficient (Wildman–Crippen LogP) is 2.89. The van der Waals surface area contributed by atoms with Gasteiger partial charge in [-0.05, 0) is 36.8 Å². The first-order valence-electron chi connectivity index (χ1n) is 9.43. The molecule has 30 heavy (non-hydrogen) atoms. The normalized spacial score (nSPS) is 12.9. The van der Waals surface area contributed by atoms with Crippen molar-refractivity contribution in [2.75, 3.05) is 25.7 Å². The number of esters is 1. The van der Waals surface area contributed by atoms with Crippen molar-refractivity contribution in [2.24, 2.45) is 0 Å². The summed E-state index contributed by atoms with van der Waals surface area (Å²) in [6, 6.07) is 9.22. The van der Waals surface area contributed by atoms with Crippen molar-refractivity contribution in [3.8, 4) is 17.6 Å². The van der Waals surface area contributed by atoms with Crippen LogP contribution in [0.15, 0.2) is 29.8 Å². The van der Waals surface area contributed by atoms with Crippen LogP contribution in [0.5, 0.6) is 11.5 Å². The van der Waals surface area contributed by atoms with Gasteiger partial charge in [-0.3, -0.25) is 4.79 Å². The number of ether oxygens (including phenoxy) is 3. The molecule has 3 rings (SSSR count). The van der Waals surface area contributed by atoms with Crippen LogP contribution in [0.4, 0.5) is 5.69 Å². The lowest BCUT2D eigenvalue weighted by Gasteiger charge is -2.22. The van der Waals surface area contributed by atoms with Gasteiger partial charge in [0.15, 0.2) is 11.5 Å². The van der Waals surface area contributed by atoms with Gasteiger partial charge >= 0.3 is 5.97 Å². The number of nitriles is 1. The second kappa shape index (κ2) is 8.74.